The van der Waals surface area contributed by atoms with Crippen LogP contribution in [0.25, 0.3) is 5.52 Å². The van der Waals surface area contributed by atoms with Gasteiger partial charge in [-0.1, -0.05) is 6.07 Å². The van der Waals surface area contributed by atoms with Crippen LogP contribution in [0, 0.1) is 0 Å². The van der Waals surface area contributed by atoms with E-state index in [2.05, 4.69) is 15.4 Å². The van der Waals surface area contributed by atoms with Crippen LogP contribution in [0.15, 0.2) is 53.9 Å². The van der Waals surface area contributed by atoms with Gasteiger partial charge < -0.3 is 9.87 Å². The van der Waals surface area contributed by atoms with Crippen molar-refractivity contribution in [2.75, 3.05) is 5.32 Å². The maximum atomic E-state index is 12.3. The number of anilines is 1. The van der Waals surface area contributed by atoms with Crippen molar-refractivity contribution < 1.29 is 13.6 Å². The summed E-state index contributed by atoms with van der Waals surface area (Å²) in [7, 11) is 0. The normalized spacial score (nSPS) is 12.2. The number of hydrogen-bond acceptors (Lipinski definition) is 5. The average molecular weight is 301 g/mol. The molecule has 21 heavy (non-hydrogen) atoms. The van der Waals surface area contributed by atoms with Crippen LogP contribution in [0.2, 0.25) is 0 Å². The van der Waals surface area contributed by atoms with Gasteiger partial charge in [-0.3, -0.25) is 9.00 Å². The highest BCUT2D eigenvalue weighted by molar-refractivity contribution is 7.79. The average Bonchev–Trinajstić information content (AvgIpc) is 2.91. The lowest BCUT2D eigenvalue weighted by Crippen LogP contribution is -2.14. The third kappa shape index (κ3) is 2.54. The molecule has 7 nitrogen and oxygen atoms in total. The number of nitrogens with one attached hydrogen (secondary N) is 1. The smallest absolute Gasteiger partial charge is 0.259 e. The minimum Gasteiger partial charge on any atom is -0.767 e. The first kappa shape index (κ1) is 13.4. The summed E-state index contributed by atoms with van der Waals surface area (Å²) in [6.45, 7) is 0. The molecule has 0 aliphatic rings. The number of fused-ring (bicyclic) bond motifs is 1. The predicted octanol–water partition coefficient (Wildman–Crippen LogP) is 1.22. The Balaban J connectivity index is 1.96. The number of carbonyl (C=O) groups is 1. The summed E-state index contributed by atoms with van der Waals surface area (Å²) >= 11 is -2.53. The molecule has 0 fully saturated rings. The second-order valence-electron chi connectivity index (χ2n) is 4.13. The second kappa shape index (κ2) is 5.43. The van der Waals surface area contributed by atoms with Crippen LogP contribution in [0.5, 0.6) is 0 Å². The lowest BCUT2D eigenvalue weighted by atomic mass is 10.2. The zero-order valence-corrected chi connectivity index (χ0v) is 11.4. The van der Waals surface area contributed by atoms with E-state index in [-0.39, 0.29) is 10.7 Å². The third-order valence-electron chi connectivity index (χ3n) is 2.85. The number of rotatable bonds is 3. The molecule has 106 valence electrons. The van der Waals surface area contributed by atoms with Crippen molar-refractivity contribution in [3.8, 4) is 0 Å². The lowest BCUT2D eigenvalue weighted by Gasteiger charge is -2.11. The highest BCUT2D eigenvalue weighted by Crippen LogP contribution is 2.18. The lowest BCUT2D eigenvalue weighted by molar-refractivity contribution is 0.102. The Hall–Kier alpha value is -2.58. The van der Waals surface area contributed by atoms with Crippen LogP contribution in [0.3, 0.4) is 0 Å². The quantitative estimate of drug-likeness (QED) is 0.733. The largest absolute Gasteiger partial charge is 0.767 e. The zero-order valence-electron chi connectivity index (χ0n) is 10.6. The molecule has 0 saturated carbocycles. The van der Waals surface area contributed by atoms with E-state index in [1.165, 1.54) is 18.5 Å². The van der Waals surface area contributed by atoms with Crippen LogP contribution >= 0.6 is 0 Å². The fourth-order valence-corrected chi connectivity index (χ4v) is 2.36. The van der Waals surface area contributed by atoms with E-state index in [9.17, 15) is 13.6 Å². The SMILES string of the molecule is O=C(Nc1cccnc1S(=O)[O-])c1cnn2ccccc12. The molecule has 0 aliphatic carbocycles. The van der Waals surface area contributed by atoms with E-state index in [1.54, 1.807) is 35.0 Å². The molecule has 0 aliphatic heterocycles. The highest BCUT2D eigenvalue weighted by atomic mass is 32.2. The number of nitrogens with zero attached hydrogens (tertiary/aromatic N) is 3. The van der Waals surface area contributed by atoms with Crippen molar-refractivity contribution in [3.05, 3.63) is 54.5 Å². The first-order chi connectivity index (χ1) is 10.2. The molecule has 0 saturated heterocycles. The minimum atomic E-state index is -2.53. The van der Waals surface area contributed by atoms with Gasteiger partial charge in [-0.05, 0) is 35.3 Å². The van der Waals surface area contributed by atoms with Crippen LogP contribution < -0.4 is 5.32 Å². The first-order valence-electron chi connectivity index (χ1n) is 5.95. The Morgan fingerprint density at radius 3 is 2.95 bits per heavy atom. The highest BCUT2D eigenvalue weighted by Gasteiger charge is 2.14. The minimum absolute atomic E-state index is 0.131. The summed E-state index contributed by atoms with van der Waals surface area (Å²) in [5, 5.41) is 6.39. The van der Waals surface area contributed by atoms with Gasteiger partial charge in [-0.15, -0.1) is 0 Å². The summed E-state index contributed by atoms with van der Waals surface area (Å²) in [6.07, 6.45) is 4.49. The van der Waals surface area contributed by atoms with E-state index in [4.69, 9.17) is 0 Å². The van der Waals surface area contributed by atoms with Crippen molar-refractivity contribution in [2.24, 2.45) is 0 Å². The second-order valence-corrected chi connectivity index (χ2v) is 4.99. The maximum absolute atomic E-state index is 12.3. The number of aromatic nitrogens is 3. The summed E-state index contributed by atoms with van der Waals surface area (Å²) in [6, 6.07) is 8.35. The summed E-state index contributed by atoms with van der Waals surface area (Å²) in [5.74, 6) is -0.448. The molecule has 1 N–H and O–H groups in total. The van der Waals surface area contributed by atoms with Gasteiger partial charge in [0, 0.05) is 12.4 Å². The Kier molecular flexibility index (Phi) is 3.46. The van der Waals surface area contributed by atoms with E-state index in [0.29, 0.717) is 11.1 Å². The maximum Gasteiger partial charge on any atom is 0.259 e. The zero-order chi connectivity index (χ0) is 14.8. The molecule has 8 heteroatoms. The van der Waals surface area contributed by atoms with Crippen molar-refractivity contribution in [3.63, 3.8) is 0 Å². The topological polar surface area (TPSA) is 99.4 Å². The number of hydrogen-bond donors (Lipinski definition) is 1. The van der Waals surface area contributed by atoms with Gasteiger partial charge in [0.2, 0.25) is 0 Å². The molecule has 3 rings (SSSR count). The Labute approximate surface area is 121 Å². The van der Waals surface area contributed by atoms with Crippen molar-refractivity contribution >= 4 is 28.2 Å². The molecule has 3 aromatic rings. The fraction of sp³-hybridized carbons (Fsp3) is 0. The predicted molar refractivity (Wildman–Crippen MR) is 74.6 cm³/mol. The Bertz CT molecular complexity index is 846. The van der Waals surface area contributed by atoms with Crippen LogP contribution in [-0.2, 0) is 11.1 Å². The van der Waals surface area contributed by atoms with Crippen LogP contribution in [0.4, 0.5) is 5.69 Å². The summed E-state index contributed by atoms with van der Waals surface area (Å²) in [5.41, 5.74) is 1.11. The van der Waals surface area contributed by atoms with Crippen LogP contribution in [-0.4, -0.2) is 29.3 Å². The van der Waals surface area contributed by atoms with Gasteiger partial charge in [0.05, 0.1) is 23.0 Å². The molecule has 1 amide bonds. The molecule has 1 unspecified atom stereocenters. The fourth-order valence-electron chi connectivity index (χ4n) is 1.92. The van der Waals surface area contributed by atoms with Gasteiger partial charge >= 0.3 is 0 Å². The Morgan fingerprint density at radius 1 is 1.29 bits per heavy atom. The monoisotopic (exact) mass is 301 g/mol. The molecule has 0 aromatic carbocycles. The van der Waals surface area contributed by atoms with Gasteiger partial charge in [0.15, 0.2) is 0 Å². The van der Waals surface area contributed by atoms with Gasteiger partial charge in [0.1, 0.15) is 5.03 Å². The van der Waals surface area contributed by atoms with Crippen LogP contribution in [0.1, 0.15) is 10.4 Å². The van der Waals surface area contributed by atoms with Gasteiger partial charge in [-0.25, -0.2) is 9.50 Å². The third-order valence-corrected chi connectivity index (χ3v) is 3.49. The molecule has 3 aromatic heterocycles. The molecule has 0 bridgehead atoms. The summed E-state index contributed by atoms with van der Waals surface area (Å²) in [4.78, 5) is 16.0. The van der Waals surface area contributed by atoms with Crippen molar-refractivity contribution in [2.45, 2.75) is 5.03 Å². The van der Waals surface area contributed by atoms with E-state index < -0.39 is 17.0 Å². The number of amides is 1. The van der Waals surface area contributed by atoms with Crippen molar-refractivity contribution in [1.29, 1.82) is 0 Å². The van der Waals surface area contributed by atoms with Gasteiger partial charge in [-0.2, -0.15) is 5.10 Å². The number of carbonyl (C=O) groups excluding carboxylic acids is 1. The first-order valence-corrected chi connectivity index (χ1v) is 7.02. The molecule has 0 spiro atoms. The Morgan fingerprint density at radius 2 is 2.14 bits per heavy atom. The molecule has 1 atom stereocenters. The molecule has 0 radical (unpaired) electrons. The van der Waals surface area contributed by atoms with Crippen molar-refractivity contribution in [1.82, 2.24) is 14.6 Å². The summed E-state index contributed by atoms with van der Waals surface area (Å²) < 4.78 is 23.7. The van der Waals surface area contributed by atoms with Gasteiger partial charge in [0.25, 0.3) is 5.91 Å². The molecular weight excluding hydrogens is 292 g/mol. The van der Waals surface area contributed by atoms with E-state index >= 15 is 0 Å². The number of pyridine rings is 2. The van der Waals surface area contributed by atoms with E-state index in [0.717, 1.165) is 0 Å². The molecular formula is C13H9N4O3S-. The van der Waals surface area contributed by atoms with E-state index in [1.807, 2.05) is 0 Å². The standard InChI is InChI=1S/C13H10N4O3S/c18-12(9-8-15-17-7-2-1-5-11(9)17)16-10-4-3-6-14-13(10)21(19)20/h1-8H,(H,16,18)(H,19,20)/p-1. The molecule has 3 heterocycles.